The number of nitriles is 1. The van der Waals surface area contributed by atoms with Crippen molar-refractivity contribution >= 4 is 17.4 Å². The third-order valence-corrected chi connectivity index (χ3v) is 4.67. The summed E-state index contributed by atoms with van der Waals surface area (Å²) in [6.45, 7) is 6.20. The molecule has 3 aromatic rings. The maximum absolute atomic E-state index is 14.1. The number of carbonyl (C=O) groups is 1. The maximum atomic E-state index is 14.1. The molecule has 1 atom stereocenters. The van der Waals surface area contributed by atoms with Crippen molar-refractivity contribution in [1.82, 2.24) is 19.9 Å². The van der Waals surface area contributed by atoms with Crippen LogP contribution in [0.15, 0.2) is 36.5 Å². The quantitative estimate of drug-likeness (QED) is 0.537. The van der Waals surface area contributed by atoms with E-state index < -0.39 is 17.7 Å². The van der Waals surface area contributed by atoms with Gasteiger partial charge in [-0.15, -0.1) is 0 Å². The zero-order valence-corrected chi connectivity index (χ0v) is 17.8. The van der Waals surface area contributed by atoms with E-state index in [1.54, 1.807) is 30.3 Å². The monoisotopic (exact) mass is 424 g/mol. The number of halogens is 1. The van der Waals surface area contributed by atoms with Gasteiger partial charge in [-0.05, 0) is 39.8 Å². The number of carbonyl (C=O) groups excluding carboxylic acids is 1. The molecule has 9 heteroatoms. The maximum Gasteiger partial charge on any atom is 0.256 e. The lowest BCUT2D eigenvalue weighted by atomic mass is 10.0. The SMILES string of the molecule is CC(C)Nc1c(C(=O)NC[C@@H](F)C(C)(C)O)cnc2cc(-c3ccc(C#N)cc3)nn12. The van der Waals surface area contributed by atoms with Gasteiger partial charge in [0, 0.05) is 23.9 Å². The Bertz CT molecular complexity index is 1130. The average Bonchev–Trinajstić information content (AvgIpc) is 3.15. The lowest BCUT2D eigenvalue weighted by Gasteiger charge is -2.22. The molecule has 0 saturated heterocycles. The van der Waals surface area contributed by atoms with Gasteiger partial charge in [0.2, 0.25) is 0 Å². The van der Waals surface area contributed by atoms with Crippen molar-refractivity contribution in [2.75, 3.05) is 11.9 Å². The molecule has 2 aromatic heterocycles. The molecule has 0 bridgehead atoms. The topological polar surface area (TPSA) is 115 Å². The molecule has 0 aliphatic heterocycles. The summed E-state index contributed by atoms with van der Waals surface area (Å²) in [6.07, 6.45) is -0.209. The third-order valence-electron chi connectivity index (χ3n) is 4.67. The van der Waals surface area contributed by atoms with Gasteiger partial charge in [-0.3, -0.25) is 4.79 Å². The smallest absolute Gasteiger partial charge is 0.256 e. The largest absolute Gasteiger partial charge is 0.387 e. The summed E-state index contributed by atoms with van der Waals surface area (Å²) < 4.78 is 15.6. The summed E-state index contributed by atoms with van der Waals surface area (Å²) in [5.74, 6) is -0.101. The van der Waals surface area contributed by atoms with Crippen LogP contribution in [0.5, 0.6) is 0 Å². The zero-order chi connectivity index (χ0) is 22.8. The Kier molecular flexibility index (Phi) is 6.22. The van der Waals surface area contributed by atoms with Gasteiger partial charge in [0.05, 0.1) is 29.5 Å². The first-order valence-electron chi connectivity index (χ1n) is 9.90. The fourth-order valence-corrected chi connectivity index (χ4v) is 2.90. The Balaban J connectivity index is 1.98. The molecule has 3 N–H and O–H groups in total. The fourth-order valence-electron chi connectivity index (χ4n) is 2.90. The average molecular weight is 424 g/mol. The lowest BCUT2D eigenvalue weighted by Crippen LogP contribution is -2.42. The number of alkyl halides is 1. The molecule has 1 amide bonds. The number of fused-ring (bicyclic) bond motifs is 1. The molecule has 8 nitrogen and oxygen atoms in total. The van der Waals surface area contributed by atoms with E-state index in [0.717, 1.165) is 5.56 Å². The van der Waals surface area contributed by atoms with Gasteiger partial charge < -0.3 is 15.7 Å². The number of rotatable bonds is 7. The molecule has 0 aliphatic carbocycles. The zero-order valence-electron chi connectivity index (χ0n) is 17.8. The number of amides is 1. The molecule has 0 aliphatic rings. The fraction of sp³-hybridized carbons (Fsp3) is 0.364. The normalized spacial score (nSPS) is 12.6. The summed E-state index contributed by atoms with van der Waals surface area (Å²) in [4.78, 5) is 17.1. The van der Waals surface area contributed by atoms with Crippen LogP contribution in [-0.4, -0.2) is 50.0 Å². The Morgan fingerprint density at radius 3 is 2.58 bits per heavy atom. The Morgan fingerprint density at radius 2 is 2.00 bits per heavy atom. The molecule has 0 saturated carbocycles. The highest BCUT2D eigenvalue weighted by Gasteiger charge is 2.27. The van der Waals surface area contributed by atoms with E-state index in [-0.39, 0.29) is 18.2 Å². The summed E-state index contributed by atoms with van der Waals surface area (Å²) in [5, 5.41) is 29.0. The number of aliphatic hydroxyl groups is 1. The predicted octanol–water partition coefficient (Wildman–Crippen LogP) is 2.93. The first kappa shape index (κ1) is 22.2. The van der Waals surface area contributed by atoms with Gasteiger partial charge in [0.25, 0.3) is 5.91 Å². The molecule has 1 aromatic carbocycles. The van der Waals surface area contributed by atoms with Crippen LogP contribution in [0.2, 0.25) is 0 Å². The number of hydrogen-bond donors (Lipinski definition) is 3. The minimum atomic E-state index is -1.62. The first-order chi connectivity index (χ1) is 14.6. The van der Waals surface area contributed by atoms with E-state index in [4.69, 9.17) is 5.26 Å². The predicted molar refractivity (Wildman–Crippen MR) is 115 cm³/mol. The number of aromatic nitrogens is 3. The van der Waals surface area contributed by atoms with E-state index in [1.807, 2.05) is 13.8 Å². The van der Waals surface area contributed by atoms with Crippen LogP contribution in [0.25, 0.3) is 16.9 Å². The van der Waals surface area contributed by atoms with Gasteiger partial charge in [-0.1, -0.05) is 12.1 Å². The minimum absolute atomic E-state index is 0.00925. The Labute approximate surface area is 179 Å². The van der Waals surface area contributed by atoms with Crippen molar-refractivity contribution in [3.8, 4) is 17.3 Å². The summed E-state index contributed by atoms with van der Waals surface area (Å²) in [7, 11) is 0. The highest BCUT2D eigenvalue weighted by Crippen LogP contribution is 2.24. The van der Waals surface area contributed by atoms with Crippen molar-refractivity contribution in [3.63, 3.8) is 0 Å². The van der Waals surface area contributed by atoms with Gasteiger partial charge >= 0.3 is 0 Å². The van der Waals surface area contributed by atoms with Crippen LogP contribution in [-0.2, 0) is 0 Å². The number of hydrogen-bond acceptors (Lipinski definition) is 6. The van der Waals surface area contributed by atoms with Crippen molar-refractivity contribution in [1.29, 1.82) is 5.26 Å². The molecule has 31 heavy (non-hydrogen) atoms. The van der Waals surface area contributed by atoms with Crippen molar-refractivity contribution in [2.24, 2.45) is 0 Å². The van der Waals surface area contributed by atoms with Crippen molar-refractivity contribution in [3.05, 3.63) is 47.7 Å². The summed E-state index contributed by atoms with van der Waals surface area (Å²) >= 11 is 0. The highest BCUT2D eigenvalue weighted by molar-refractivity contribution is 5.99. The van der Waals surface area contributed by atoms with E-state index in [1.165, 1.54) is 24.6 Å². The number of nitrogens with zero attached hydrogens (tertiary/aromatic N) is 4. The lowest BCUT2D eigenvalue weighted by molar-refractivity contribution is -0.00177. The summed E-state index contributed by atoms with van der Waals surface area (Å²) in [6, 6.07) is 10.8. The number of benzene rings is 1. The molecule has 0 spiro atoms. The molecular weight excluding hydrogens is 399 g/mol. The molecular formula is C22H25FN6O2. The van der Waals surface area contributed by atoms with Crippen molar-refractivity contribution < 1.29 is 14.3 Å². The van der Waals surface area contributed by atoms with Crippen LogP contribution in [0.4, 0.5) is 10.2 Å². The number of anilines is 1. The number of nitrogens with one attached hydrogen (secondary N) is 2. The second-order valence-corrected chi connectivity index (χ2v) is 8.14. The molecule has 162 valence electrons. The summed E-state index contributed by atoms with van der Waals surface area (Å²) in [5.41, 5.74) is 1.15. The van der Waals surface area contributed by atoms with Crippen molar-refractivity contribution in [2.45, 2.75) is 45.5 Å². The van der Waals surface area contributed by atoms with Crippen LogP contribution in [0.1, 0.15) is 43.6 Å². The van der Waals surface area contributed by atoms with E-state index >= 15 is 0 Å². The standard InChI is InChI=1S/C22H25FN6O2/c1-13(2)27-20-16(21(30)26-12-18(23)22(3,4)31)11-25-19-9-17(28-29(19)20)15-7-5-14(10-24)6-8-15/h5-9,11,13,18,27,31H,12H2,1-4H3,(H,26,30)/t18-/m1/s1. The van der Waals surface area contributed by atoms with Gasteiger partial charge in [0.1, 0.15) is 17.6 Å². The van der Waals surface area contributed by atoms with E-state index in [9.17, 15) is 14.3 Å². The van der Waals surface area contributed by atoms with Gasteiger partial charge in [-0.25, -0.2) is 9.37 Å². The Hall–Kier alpha value is -3.51. The van der Waals surface area contributed by atoms with Gasteiger partial charge in [-0.2, -0.15) is 14.9 Å². The first-order valence-corrected chi connectivity index (χ1v) is 9.90. The molecule has 0 fully saturated rings. The second kappa shape index (κ2) is 8.70. The highest BCUT2D eigenvalue weighted by atomic mass is 19.1. The Morgan fingerprint density at radius 1 is 1.32 bits per heavy atom. The van der Waals surface area contributed by atoms with Crippen LogP contribution < -0.4 is 10.6 Å². The molecule has 0 unspecified atom stereocenters. The van der Waals surface area contributed by atoms with Crippen LogP contribution in [0.3, 0.4) is 0 Å². The second-order valence-electron chi connectivity index (χ2n) is 8.14. The molecule has 2 heterocycles. The van der Waals surface area contributed by atoms with E-state index in [0.29, 0.717) is 22.7 Å². The van der Waals surface area contributed by atoms with Gasteiger partial charge in [0.15, 0.2) is 5.65 Å². The minimum Gasteiger partial charge on any atom is -0.387 e. The third kappa shape index (κ3) is 4.98. The van der Waals surface area contributed by atoms with E-state index in [2.05, 4.69) is 26.8 Å². The molecule has 0 radical (unpaired) electrons. The van der Waals surface area contributed by atoms with Crippen LogP contribution >= 0.6 is 0 Å². The molecule has 3 rings (SSSR count). The van der Waals surface area contributed by atoms with Crippen LogP contribution in [0, 0.1) is 11.3 Å².